The van der Waals surface area contributed by atoms with E-state index in [0.717, 1.165) is 38.5 Å². The van der Waals surface area contributed by atoms with Gasteiger partial charge in [0.15, 0.2) is 0 Å². The second-order valence-electron chi connectivity index (χ2n) is 7.47. The molecule has 1 aromatic rings. The van der Waals surface area contributed by atoms with Crippen molar-refractivity contribution in [1.82, 2.24) is 4.90 Å². The second-order valence-corrected chi connectivity index (χ2v) is 7.47. The fourth-order valence-corrected chi connectivity index (χ4v) is 4.18. The number of nitrogens with one attached hydrogen (secondary N) is 1. The third kappa shape index (κ3) is 5.44. The Bertz CT molecular complexity index is 521. The molecular formula is C20H33N3O2+2. The highest BCUT2D eigenvalue weighted by Crippen LogP contribution is 2.10. The maximum Gasteiger partial charge on any atom is 0.409 e. The summed E-state index contributed by atoms with van der Waals surface area (Å²) in [4.78, 5) is 15.3. The van der Waals surface area contributed by atoms with Gasteiger partial charge in [0.25, 0.3) is 0 Å². The Balaban J connectivity index is 1.35. The van der Waals surface area contributed by atoms with Crippen LogP contribution in [-0.4, -0.2) is 55.9 Å². The molecule has 0 bridgehead atoms. The van der Waals surface area contributed by atoms with E-state index in [0.29, 0.717) is 12.6 Å². The van der Waals surface area contributed by atoms with Gasteiger partial charge in [-0.15, -0.1) is 0 Å². The summed E-state index contributed by atoms with van der Waals surface area (Å²) in [6.07, 6.45) is 4.66. The Hall–Kier alpha value is -1.59. The molecule has 138 valence electrons. The van der Waals surface area contributed by atoms with Gasteiger partial charge in [-0.3, -0.25) is 0 Å². The van der Waals surface area contributed by atoms with Crippen LogP contribution in [0.25, 0.3) is 0 Å². The standard InChI is InChI=1S/C20H31N3O2/c1-2-25-20(24)23-14-10-19(11-15-23)21-18-8-12-22(13-9-18)16-17-6-4-3-5-7-17/h3-7,18-19,21H,2,8-16H2,1H3/p+2. The van der Waals surface area contributed by atoms with E-state index in [1.807, 2.05) is 11.8 Å². The van der Waals surface area contributed by atoms with Gasteiger partial charge < -0.3 is 19.9 Å². The van der Waals surface area contributed by atoms with Crippen LogP contribution < -0.4 is 10.2 Å². The highest BCUT2D eigenvalue weighted by atomic mass is 16.6. The topological polar surface area (TPSA) is 50.6 Å². The van der Waals surface area contributed by atoms with E-state index in [1.54, 1.807) is 4.90 Å². The molecule has 3 rings (SSSR count). The second kappa shape index (κ2) is 9.20. The molecule has 3 N–H and O–H groups in total. The van der Waals surface area contributed by atoms with Crippen LogP contribution in [-0.2, 0) is 11.3 Å². The lowest BCUT2D eigenvalue weighted by Gasteiger charge is -2.34. The summed E-state index contributed by atoms with van der Waals surface area (Å²) in [6.45, 7) is 7.73. The van der Waals surface area contributed by atoms with Crippen LogP contribution in [0.2, 0.25) is 0 Å². The Kier molecular flexibility index (Phi) is 6.70. The maximum absolute atomic E-state index is 11.8. The van der Waals surface area contributed by atoms with Gasteiger partial charge in [-0.05, 0) is 6.92 Å². The Morgan fingerprint density at radius 1 is 1.12 bits per heavy atom. The van der Waals surface area contributed by atoms with E-state index >= 15 is 0 Å². The van der Waals surface area contributed by atoms with Crippen LogP contribution in [0, 0.1) is 0 Å². The minimum absolute atomic E-state index is 0.140. The average Bonchev–Trinajstić information content (AvgIpc) is 2.65. The summed E-state index contributed by atoms with van der Waals surface area (Å²) >= 11 is 0. The van der Waals surface area contributed by atoms with Crippen molar-refractivity contribution in [2.45, 2.75) is 51.2 Å². The van der Waals surface area contributed by atoms with Gasteiger partial charge in [-0.2, -0.15) is 0 Å². The van der Waals surface area contributed by atoms with Crippen molar-refractivity contribution in [3.8, 4) is 0 Å². The highest BCUT2D eigenvalue weighted by Gasteiger charge is 2.30. The first kappa shape index (κ1) is 18.2. The lowest BCUT2D eigenvalue weighted by atomic mass is 9.99. The summed E-state index contributed by atoms with van der Waals surface area (Å²) in [5, 5.41) is 2.60. The van der Waals surface area contributed by atoms with Gasteiger partial charge in [-0.1, -0.05) is 30.3 Å². The van der Waals surface area contributed by atoms with Gasteiger partial charge in [-0.25, -0.2) is 4.79 Å². The van der Waals surface area contributed by atoms with E-state index in [9.17, 15) is 4.79 Å². The molecular weight excluding hydrogens is 314 g/mol. The van der Waals surface area contributed by atoms with E-state index in [4.69, 9.17) is 4.74 Å². The van der Waals surface area contributed by atoms with E-state index < -0.39 is 0 Å². The van der Waals surface area contributed by atoms with Crippen molar-refractivity contribution in [3.63, 3.8) is 0 Å². The Morgan fingerprint density at radius 3 is 2.40 bits per heavy atom. The number of carbonyl (C=O) groups is 1. The zero-order valence-corrected chi connectivity index (χ0v) is 15.5. The number of benzene rings is 1. The van der Waals surface area contributed by atoms with Crippen molar-refractivity contribution >= 4 is 6.09 Å². The predicted octanol–water partition coefficient (Wildman–Crippen LogP) is 0.418. The van der Waals surface area contributed by atoms with Gasteiger partial charge in [0.1, 0.15) is 6.54 Å². The number of hydrogen-bond acceptors (Lipinski definition) is 2. The van der Waals surface area contributed by atoms with E-state index in [-0.39, 0.29) is 6.09 Å². The monoisotopic (exact) mass is 347 g/mol. The summed E-state index contributed by atoms with van der Waals surface area (Å²) in [5.74, 6) is 0. The largest absolute Gasteiger partial charge is 0.450 e. The molecule has 0 saturated carbocycles. The van der Waals surface area contributed by atoms with Gasteiger partial charge in [0.2, 0.25) is 0 Å². The first-order chi connectivity index (χ1) is 12.2. The third-order valence-corrected chi connectivity index (χ3v) is 5.64. The number of piperidine rings is 2. The number of rotatable bonds is 5. The Morgan fingerprint density at radius 2 is 1.76 bits per heavy atom. The lowest BCUT2D eigenvalue weighted by Crippen LogP contribution is -3.14. The first-order valence-electron chi connectivity index (χ1n) is 9.88. The van der Waals surface area contributed by atoms with Crippen molar-refractivity contribution in [2.75, 3.05) is 32.8 Å². The fourth-order valence-electron chi connectivity index (χ4n) is 4.18. The molecule has 0 aromatic heterocycles. The molecule has 25 heavy (non-hydrogen) atoms. The van der Waals surface area contributed by atoms with Crippen LogP contribution in [0.4, 0.5) is 4.79 Å². The highest BCUT2D eigenvalue weighted by molar-refractivity contribution is 5.67. The minimum atomic E-state index is -0.140. The van der Waals surface area contributed by atoms with Crippen LogP contribution in [0.15, 0.2) is 30.3 Å². The van der Waals surface area contributed by atoms with Gasteiger partial charge >= 0.3 is 6.09 Å². The van der Waals surface area contributed by atoms with Crippen molar-refractivity contribution in [1.29, 1.82) is 0 Å². The average molecular weight is 348 g/mol. The summed E-state index contributed by atoms with van der Waals surface area (Å²) in [5.41, 5.74) is 1.45. The van der Waals surface area contributed by atoms with Gasteiger partial charge in [0.05, 0.1) is 31.8 Å². The van der Waals surface area contributed by atoms with Gasteiger partial charge in [0, 0.05) is 44.3 Å². The number of likely N-dealkylation sites (tertiary alicyclic amines) is 2. The molecule has 5 nitrogen and oxygen atoms in total. The normalized spacial score (nSPS) is 24.9. The SMILES string of the molecule is CCOC(=O)N1CCC([NH2+]C2CC[NH+](Cc3ccccc3)CC2)CC1. The quantitative estimate of drug-likeness (QED) is 0.811. The molecule has 2 fully saturated rings. The molecule has 2 saturated heterocycles. The minimum Gasteiger partial charge on any atom is -0.450 e. The summed E-state index contributed by atoms with van der Waals surface area (Å²) in [7, 11) is 0. The van der Waals surface area contributed by atoms with E-state index in [2.05, 4.69) is 35.6 Å². The van der Waals surface area contributed by atoms with Crippen LogP contribution in [0.3, 0.4) is 0 Å². The smallest absolute Gasteiger partial charge is 0.409 e. The number of nitrogens with zero attached hydrogens (tertiary/aromatic N) is 1. The zero-order chi connectivity index (χ0) is 17.5. The number of ether oxygens (including phenoxy) is 1. The van der Waals surface area contributed by atoms with Crippen molar-refractivity contribution in [3.05, 3.63) is 35.9 Å². The van der Waals surface area contributed by atoms with E-state index in [1.165, 1.54) is 31.5 Å². The number of quaternary nitrogens is 2. The third-order valence-electron chi connectivity index (χ3n) is 5.64. The Labute approximate surface area is 151 Å². The number of amides is 1. The molecule has 0 radical (unpaired) electrons. The molecule has 2 aliphatic heterocycles. The summed E-state index contributed by atoms with van der Waals surface area (Å²) < 4.78 is 5.10. The van der Waals surface area contributed by atoms with Crippen LogP contribution in [0.1, 0.15) is 38.2 Å². The maximum atomic E-state index is 11.8. The number of carbonyl (C=O) groups excluding carboxylic acids is 1. The fraction of sp³-hybridized carbons (Fsp3) is 0.650. The molecule has 5 heteroatoms. The molecule has 0 spiro atoms. The molecule has 0 atom stereocenters. The van der Waals surface area contributed by atoms with Crippen LogP contribution in [0.5, 0.6) is 0 Å². The molecule has 0 aliphatic carbocycles. The first-order valence-corrected chi connectivity index (χ1v) is 9.88. The number of hydrogen-bond donors (Lipinski definition) is 2. The van der Waals surface area contributed by atoms with Crippen molar-refractivity contribution < 1.29 is 19.7 Å². The van der Waals surface area contributed by atoms with Crippen LogP contribution >= 0.6 is 0 Å². The van der Waals surface area contributed by atoms with Crippen molar-refractivity contribution in [2.24, 2.45) is 0 Å². The molecule has 2 aliphatic rings. The predicted molar refractivity (Wildman–Crippen MR) is 97.4 cm³/mol. The molecule has 1 amide bonds. The lowest BCUT2D eigenvalue weighted by molar-refractivity contribution is -0.927. The molecule has 0 unspecified atom stereocenters. The molecule has 2 heterocycles. The molecule has 1 aromatic carbocycles. The zero-order valence-electron chi connectivity index (χ0n) is 15.5. The number of nitrogens with two attached hydrogens (primary N) is 1. The summed E-state index contributed by atoms with van der Waals surface area (Å²) in [6, 6.07) is 12.3.